The van der Waals surface area contributed by atoms with Gasteiger partial charge in [-0.3, -0.25) is 0 Å². The van der Waals surface area contributed by atoms with E-state index < -0.39 is 0 Å². The van der Waals surface area contributed by atoms with Crippen molar-refractivity contribution in [3.05, 3.63) is 29.3 Å². The smallest absolute Gasteiger partial charge is 0.0954 e. The van der Waals surface area contributed by atoms with E-state index in [4.69, 9.17) is 4.98 Å². The molecule has 1 N–H and O–H groups in total. The molecule has 1 atom stereocenters. The first-order valence-corrected chi connectivity index (χ1v) is 8.61. The van der Waals surface area contributed by atoms with Gasteiger partial charge in [-0.05, 0) is 31.4 Å². The normalized spacial score (nSPS) is 13.0. The van der Waals surface area contributed by atoms with Crippen molar-refractivity contribution in [2.24, 2.45) is 0 Å². The van der Waals surface area contributed by atoms with Gasteiger partial charge in [-0.15, -0.1) is 11.3 Å². The highest BCUT2D eigenvalue weighted by Crippen LogP contribution is 2.22. The minimum absolute atomic E-state index is 0.542. The van der Waals surface area contributed by atoms with Gasteiger partial charge < -0.3 is 5.32 Å². The molecule has 18 heavy (non-hydrogen) atoms. The molecule has 1 aromatic heterocycles. The van der Waals surface area contributed by atoms with Crippen LogP contribution in [0.15, 0.2) is 24.3 Å². The minimum Gasteiger partial charge on any atom is -0.313 e. The fraction of sp³-hybridized carbons (Fsp3) is 0.500. The zero-order valence-electron chi connectivity index (χ0n) is 11.0. The van der Waals surface area contributed by atoms with E-state index in [1.807, 2.05) is 23.1 Å². The van der Waals surface area contributed by atoms with Gasteiger partial charge in [0.25, 0.3) is 0 Å². The quantitative estimate of drug-likeness (QED) is 0.839. The molecule has 0 bridgehead atoms. The maximum Gasteiger partial charge on any atom is 0.0954 e. The number of hydrogen-bond acceptors (Lipinski definition) is 4. The van der Waals surface area contributed by atoms with Crippen molar-refractivity contribution in [2.45, 2.75) is 25.8 Å². The second-order valence-corrected chi connectivity index (χ2v) is 6.41. The van der Waals surface area contributed by atoms with Crippen LogP contribution in [0.2, 0.25) is 0 Å². The van der Waals surface area contributed by atoms with E-state index in [2.05, 4.69) is 42.8 Å². The van der Waals surface area contributed by atoms with Crippen LogP contribution in [0.25, 0.3) is 10.2 Å². The summed E-state index contributed by atoms with van der Waals surface area (Å²) in [6, 6.07) is 8.93. The van der Waals surface area contributed by atoms with Crippen molar-refractivity contribution < 1.29 is 0 Å². The second-order valence-electron chi connectivity index (χ2n) is 4.39. The van der Waals surface area contributed by atoms with Gasteiger partial charge in [0.1, 0.15) is 0 Å². The lowest BCUT2D eigenvalue weighted by molar-refractivity contribution is 0.550. The summed E-state index contributed by atoms with van der Waals surface area (Å²) in [6.07, 6.45) is 4.39. The maximum atomic E-state index is 4.71. The Morgan fingerprint density at radius 3 is 2.94 bits per heavy atom. The van der Waals surface area contributed by atoms with E-state index in [1.54, 1.807) is 0 Å². The Balaban J connectivity index is 2.05. The van der Waals surface area contributed by atoms with E-state index >= 15 is 0 Å². The molecule has 2 nitrogen and oxygen atoms in total. The molecule has 98 valence electrons. The average Bonchev–Trinajstić information content (AvgIpc) is 2.78. The maximum absolute atomic E-state index is 4.71. The summed E-state index contributed by atoms with van der Waals surface area (Å²) in [6.45, 7) is 3.30. The summed E-state index contributed by atoms with van der Waals surface area (Å²) in [5.41, 5.74) is 1.14. The molecule has 0 amide bonds. The van der Waals surface area contributed by atoms with Crippen molar-refractivity contribution in [2.75, 3.05) is 18.6 Å². The van der Waals surface area contributed by atoms with Gasteiger partial charge in [-0.25, -0.2) is 4.98 Å². The molecule has 2 rings (SSSR count). The van der Waals surface area contributed by atoms with Crippen LogP contribution in [0.5, 0.6) is 0 Å². The molecule has 0 saturated heterocycles. The molecule has 0 radical (unpaired) electrons. The van der Waals surface area contributed by atoms with Crippen molar-refractivity contribution in [3.8, 4) is 0 Å². The number of nitrogens with zero attached hydrogens (tertiary/aromatic N) is 1. The Hall–Kier alpha value is -0.580. The molecule has 1 unspecified atom stereocenters. The standard InChI is InChI=1S/C14H20N2S2/c1-3-8-15-11(10-17-2)9-14-16-12-6-4-5-7-13(12)18-14/h4-7,11,15H,3,8-10H2,1-2H3. The summed E-state index contributed by atoms with van der Waals surface area (Å²) >= 11 is 3.73. The Labute approximate surface area is 117 Å². The highest BCUT2D eigenvalue weighted by atomic mass is 32.2. The monoisotopic (exact) mass is 280 g/mol. The van der Waals surface area contributed by atoms with Gasteiger partial charge in [-0.1, -0.05) is 19.1 Å². The molecule has 0 saturated carbocycles. The first-order chi connectivity index (χ1) is 8.83. The second kappa shape index (κ2) is 7.12. The third-order valence-electron chi connectivity index (χ3n) is 2.81. The van der Waals surface area contributed by atoms with Gasteiger partial charge in [0.15, 0.2) is 0 Å². The summed E-state index contributed by atoms with van der Waals surface area (Å²) in [4.78, 5) is 4.71. The lowest BCUT2D eigenvalue weighted by atomic mass is 10.2. The van der Waals surface area contributed by atoms with Crippen molar-refractivity contribution in [1.82, 2.24) is 10.3 Å². The van der Waals surface area contributed by atoms with Crippen LogP contribution in [0.1, 0.15) is 18.4 Å². The zero-order valence-corrected chi connectivity index (χ0v) is 12.6. The largest absolute Gasteiger partial charge is 0.313 e. The van der Waals surface area contributed by atoms with Crippen LogP contribution >= 0.6 is 23.1 Å². The van der Waals surface area contributed by atoms with E-state index in [0.29, 0.717) is 6.04 Å². The Morgan fingerprint density at radius 2 is 2.22 bits per heavy atom. The van der Waals surface area contributed by atoms with Crippen LogP contribution in [-0.2, 0) is 6.42 Å². The van der Waals surface area contributed by atoms with Crippen LogP contribution in [0, 0.1) is 0 Å². The summed E-state index contributed by atoms with van der Waals surface area (Å²) in [7, 11) is 0. The number of nitrogens with one attached hydrogen (secondary N) is 1. The van der Waals surface area contributed by atoms with Crippen LogP contribution in [0.4, 0.5) is 0 Å². The number of hydrogen-bond donors (Lipinski definition) is 1. The molecule has 0 fully saturated rings. The van der Waals surface area contributed by atoms with E-state index in [0.717, 1.165) is 24.2 Å². The molecule has 4 heteroatoms. The van der Waals surface area contributed by atoms with Crippen molar-refractivity contribution >= 4 is 33.3 Å². The van der Waals surface area contributed by atoms with E-state index in [-0.39, 0.29) is 0 Å². The lowest BCUT2D eigenvalue weighted by Gasteiger charge is -2.15. The Morgan fingerprint density at radius 1 is 1.39 bits per heavy atom. The highest BCUT2D eigenvalue weighted by Gasteiger charge is 2.11. The molecule has 2 aromatic rings. The number of rotatable bonds is 7. The molecule has 1 aromatic carbocycles. The third-order valence-corrected chi connectivity index (χ3v) is 4.60. The number of fused-ring (bicyclic) bond motifs is 1. The van der Waals surface area contributed by atoms with Crippen molar-refractivity contribution in [1.29, 1.82) is 0 Å². The topological polar surface area (TPSA) is 24.9 Å². The first kappa shape index (κ1) is 13.8. The molecule has 0 aliphatic carbocycles. The minimum atomic E-state index is 0.542. The highest BCUT2D eigenvalue weighted by molar-refractivity contribution is 7.98. The molecule has 1 heterocycles. The number of aromatic nitrogens is 1. The Bertz CT molecular complexity index is 448. The zero-order chi connectivity index (χ0) is 12.8. The third kappa shape index (κ3) is 3.70. The van der Waals surface area contributed by atoms with Crippen LogP contribution in [-0.4, -0.2) is 29.6 Å². The molecule has 0 aliphatic rings. The molecular weight excluding hydrogens is 260 g/mol. The number of benzene rings is 1. The molecule has 0 spiro atoms. The fourth-order valence-corrected chi connectivity index (χ4v) is 3.64. The van der Waals surface area contributed by atoms with Gasteiger partial charge in [-0.2, -0.15) is 11.8 Å². The lowest BCUT2D eigenvalue weighted by Crippen LogP contribution is -2.33. The number of para-hydroxylation sites is 1. The van der Waals surface area contributed by atoms with Crippen LogP contribution < -0.4 is 5.32 Å². The van der Waals surface area contributed by atoms with E-state index in [9.17, 15) is 0 Å². The van der Waals surface area contributed by atoms with E-state index in [1.165, 1.54) is 16.1 Å². The number of thiazole rings is 1. The summed E-state index contributed by atoms with van der Waals surface area (Å²) in [5, 5.41) is 4.86. The predicted molar refractivity (Wildman–Crippen MR) is 83.8 cm³/mol. The first-order valence-electron chi connectivity index (χ1n) is 6.40. The van der Waals surface area contributed by atoms with Gasteiger partial charge in [0.05, 0.1) is 15.2 Å². The summed E-state index contributed by atoms with van der Waals surface area (Å²) < 4.78 is 1.30. The van der Waals surface area contributed by atoms with Gasteiger partial charge >= 0.3 is 0 Å². The summed E-state index contributed by atoms with van der Waals surface area (Å²) in [5.74, 6) is 1.15. The molecule has 0 aliphatic heterocycles. The fourth-order valence-electron chi connectivity index (χ4n) is 1.96. The molecular formula is C14H20N2S2. The SMILES string of the molecule is CCCNC(CSC)Cc1nc2ccccc2s1. The predicted octanol–water partition coefficient (Wildman–Crippen LogP) is 3.57. The average molecular weight is 280 g/mol. The van der Waals surface area contributed by atoms with Crippen LogP contribution in [0.3, 0.4) is 0 Å². The van der Waals surface area contributed by atoms with Gasteiger partial charge in [0.2, 0.25) is 0 Å². The van der Waals surface area contributed by atoms with Gasteiger partial charge in [0, 0.05) is 18.2 Å². The number of thioether (sulfide) groups is 1. The van der Waals surface area contributed by atoms with Crippen molar-refractivity contribution in [3.63, 3.8) is 0 Å². The Kier molecular flexibility index (Phi) is 5.47.